The van der Waals surface area contributed by atoms with Gasteiger partial charge in [0.25, 0.3) is 11.8 Å². The number of carbonyl (C=O) groups excluding carboxylic acids is 2. The maximum Gasteiger partial charge on any atom is 0.267 e. The molecule has 0 bridgehead atoms. The maximum atomic E-state index is 12.4. The molecule has 0 atom stereocenters. The van der Waals surface area contributed by atoms with Gasteiger partial charge in [-0.2, -0.15) is 0 Å². The zero-order valence-corrected chi connectivity index (χ0v) is 10.7. The molecule has 2 amide bonds. The number of nitrogen functional groups attached to an aromatic ring is 1. The number of anilines is 2. The molecular formula is C14H11N3O3. The fourth-order valence-electron chi connectivity index (χ4n) is 2.18. The number of carbonyl (C=O) groups is 2. The van der Waals surface area contributed by atoms with Crippen molar-refractivity contribution in [3.63, 3.8) is 0 Å². The monoisotopic (exact) mass is 269 g/mol. The van der Waals surface area contributed by atoms with Crippen LogP contribution in [0.3, 0.4) is 0 Å². The molecule has 2 aromatic rings. The molecule has 0 spiro atoms. The first kappa shape index (κ1) is 12.2. The molecule has 0 unspecified atom stereocenters. The van der Waals surface area contributed by atoms with Crippen LogP contribution in [0.1, 0.15) is 20.7 Å². The van der Waals surface area contributed by atoms with Crippen molar-refractivity contribution >= 4 is 23.2 Å². The van der Waals surface area contributed by atoms with Crippen LogP contribution in [0.25, 0.3) is 0 Å². The van der Waals surface area contributed by atoms with E-state index in [0.29, 0.717) is 22.7 Å². The molecular weight excluding hydrogens is 258 g/mol. The van der Waals surface area contributed by atoms with Crippen LogP contribution in [0, 0.1) is 0 Å². The smallest absolute Gasteiger partial charge is 0.267 e. The maximum absolute atomic E-state index is 12.4. The zero-order valence-electron chi connectivity index (χ0n) is 10.7. The first-order valence-corrected chi connectivity index (χ1v) is 5.90. The number of imide groups is 1. The van der Waals surface area contributed by atoms with Gasteiger partial charge in [0, 0.05) is 24.1 Å². The first-order chi connectivity index (χ1) is 9.63. The number of rotatable bonds is 2. The number of benzene rings is 1. The van der Waals surface area contributed by atoms with Gasteiger partial charge in [-0.05, 0) is 18.2 Å². The Morgan fingerprint density at radius 3 is 2.60 bits per heavy atom. The predicted octanol–water partition coefficient (Wildman–Crippen LogP) is 1.47. The second-order valence-corrected chi connectivity index (χ2v) is 4.30. The number of hydrogen-bond donors (Lipinski definition) is 1. The second-order valence-electron chi connectivity index (χ2n) is 4.30. The molecule has 2 N–H and O–H groups in total. The van der Waals surface area contributed by atoms with Crippen LogP contribution in [0.2, 0.25) is 0 Å². The van der Waals surface area contributed by atoms with E-state index in [1.165, 1.54) is 25.6 Å². The average molecular weight is 269 g/mol. The lowest BCUT2D eigenvalue weighted by molar-refractivity contribution is 0.0925. The number of fused-ring (bicyclic) bond motifs is 1. The molecule has 100 valence electrons. The number of hydrogen-bond acceptors (Lipinski definition) is 5. The van der Waals surface area contributed by atoms with E-state index in [1.54, 1.807) is 18.2 Å². The Kier molecular flexibility index (Phi) is 2.64. The lowest BCUT2D eigenvalue weighted by Crippen LogP contribution is -2.29. The highest BCUT2D eigenvalue weighted by molar-refractivity contribution is 6.34. The van der Waals surface area contributed by atoms with Crippen molar-refractivity contribution in [2.24, 2.45) is 0 Å². The number of pyridine rings is 1. The van der Waals surface area contributed by atoms with E-state index in [1.807, 2.05) is 0 Å². The van der Waals surface area contributed by atoms with Gasteiger partial charge in [-0.15, -0.1) is 0 Å². The normalized spacial score (nSPS) is 13.6. The van der Waals surface area contributed by atoms with Crippen molar-refractivity contribution in [2.75, 3.05) is 17.7 Å². The Morgan fingerprint density at radius 2 is 1.90 bits per heavy atom. The van der Waals surface area contributed by atoms with Crippen LogP contribution in [-0.4, -0.2) is 23.9 Å². The molecule has 2 heterocycles. The predicted molar refractivity (Wildman–Crippen MR) is 72.8 cm³/mol. The topological polar surface area (TPSA) is 85.5 Å². The minimum absolute atomic E-state index is 0.288. The number of methoxy groups -OCH3 is 1. The van der Waals surface area contributed by atoms with Crippen LogP contribution < -0.4 is 15.4 Å². The quantitative estimate of drug-likeness (QED) is 0.659. The minimum Gasteiger partial charge on any atom is -0.494 e. The molecule has 0 saturated carbocycles. The third-order valence-electron chi connectivity index (χ3n) is 3.13. The van der Waals surface area contributed by atoms with Crippen LogP contribution in [-0.2, 0) is 0 Å². The van der Waals surface area contributed by atoms with Gasteiger partial charge in [0.2, 0.25) is 0 Å². The molecule has 1 aliphatic rings. The summed E-state index contributed by atoms with van der Waals surface area (Å²) in [6, 6.07) is 6.29. The molecule has 0 saturated heterocycles. The summed E-state index contributed by atoms with van der Waals surface area (Å²) in [4.78, 5) is 29.6. The fourth-order valence-corrected chi connectivity index (χ4v) is 2.18. The highest BCUT2D eigenvalue weighted by atomic mass is 16.5. The Balaban J connectivity index is 2.14. The zero-order chi connectivity index (χ0) is 14.3. The van der Waals surface area contributed by atoms with Gasteiger partial charge in [0.05, 0.1) is 23.9 Å². The summed E-state index contributed by atoms with van der Waals surface area (Å²) in [5.74, 6) is -0.441. The van der Waals surface area contributed by atoms with Gasteiger partial charge in [-0.1, -0.05) is 0 Å². The summed E-state index contributed by atoms with van der Waals surface area (Å²) in [5.41, 5.74) is 7.16. The number of amides is 2. The van der Waals surface area contributed by atoms with Gasteiger partial charge >= 0.3 is 0 Å². The van der Waals surface area contributed by atoms with Gasteiger partial charge in [0.15, 0.2) is 0 Å². The molecule has 1 aliphatic heterocycles. The standard InChI is InChI=1S/C14H11N3O3/c1-20-12-6-8(15)2-3-11(12)17-13(18)9-4-5-16-7-10(9)14(17)19/h2-7H,15H2,1H3. The molecule has 1 aromatic heterocycles. The van der Waals surface area contributed by atoms with E-state index in [9.17, 15) is 9.59 Å². The van der Waals surface area contributed by atoms with E-state index < -0.39 is 11.8 Å². The van der Waals surface area contributed by atoms with E-state index in [4.69, 9.17) is 10.5 Å². The third kappa shape index (κ3) is 1.62. The summed E-state index contributed by atoms with van der Waals surface area (Å²) in [7, 11) is 1.46. The van der Waals surface area contributed by atoms with Crippen LogP contribution >= 0.6 is 0 Å². The molecule has 1 aromatic carbocycles. The number of nitrogens with zero attached hydrogens (tertiary/aromatic N) is 2. The fraction of sp³-hybridized carbons (Fsp3) is 0.0714. The Labute approximate surface area is 114 Å². The van der Waals surface area contributed by atoms with Crippen molar-refractivity contribution in [3.8, 4) is 5.75 Å². The Morgan fingerprint density at radius 1 is 1.15 bits per heavy atom. The first-order valence-electron chi connectivity index (χ1n) is 5.90. The summed E-state index contributed by atoms with van der Waals surface area (Å²) >= 11 is 0. The van der Waals surface area contributed by atoms with Crippen LogP contribution in [0.15, 0.2) is 36.7 Å². The Bertz CT molecular complexity index is 692. The molecule has 0 radical (unpaired) electrons. The molecule has 0 fully saturated rings. The third-order valence-corrected chi connectivity index (χ3v) is 3.13. The van der Waals surface area contributed by atoms with Crippen molar-refractivity contribution in [3.05, 3.63) is 47.8 Å². The lowest BCUT2D eigenvalue weighted by atomic mass is 10.2. The van der Waals surface area contributed by atoms with Crippen molar-refractivity contribution in [2.45, 2.75) is 0 Å². The van der Waals surface area contributed by atoms with Gasteiger partial charge in [-0.3, -0.25) is 14.6 Å². The van der Waals surface area contributed by atoms with Crippen molar-refractivity contribution < 1.29 is 14.3 Å². The Hall–Kier alpha value is -2.89. The minimum atomic E-state index is -0.416. The summed E-state index contributed by atoms with van der Waals surface area (Å²) in [6.45, 7) is 0. The summed E-state index contributed by atoms with van der Waals surface area (Å²) in [6.07, 6.45) is 2.87. The number of aromatic nitrogens is 1. The van der Waals surface area contributed by atoms with E-state index in [2.05, 4.69) is 4.98 Å². The van der Waals surface area contributed by atoms with Crippen molar-refractivity contribution in [1.82, 2.24) is 4.98 Å². The van der Waals surface area contributed by atoms with Gasteiger partial charge in [0.1, 0.15) is 5.75 Å². The highest BCUT2D eigenvalue weighted by Crippen LogP contribution is 2.35. The largest absolute Gasteiger partial charge is 0.494 e. The summed E-state index contributed by atoms with van der Waals surface area (Å²) in [5, 5.41) is 0. The SMILES string of the molecule is COc1cc(N)ccc1N1C(=O)c2ccncc2C1=O. The van der Waals surface area contributed by atoms with Gasteiger partial charge in [-0.25, -0.2) is 4.90 Å². The highest BCUT2D eigenvalue weighted by Gasteiger charge is 2.38. The van der Waals surface area contributed by atoms with Crippen LogP contribution in [0.5, 0.6) is 5.75 Å². The van der Waals surface area contributed by atoms with Crippen LogP contribution in [0.4, 0.5) is 11.4 Å². The van der Waals surface area contributed by atoms with Crippen molar-refractivity contribution in [1.29, 1.82) is 0 Å². The number of ether oxygens (including phenoxy) is 1. The molecule has 6 heteroatoms. The van der Waals surface area contributed by atoms with Gasteiger partial charge < -0.3 is 10.5 Å². The molecule has 0 aliphatic carbocycles. The molecule has 6 nitrogen and oxygen atoms in total. The second kappa shape index (κ2) is 4.34. The van der Waals surface area contributed by atoms with E-state index >= 15 is 0 Å². The van der Waals surface area contributed by atoms with E-state index in [0.717, 1.165) is 4.90 Å². The lowest BCUT2D eigenvalue weighted by Gasteiger charge is -2.17. The summed E-state index contributed by atoms with van der Waals surface area (Å²) < 4.78 is 5.19. The van der Waals surface area contributed by atoms with E-state index in [-0.39, 0.29) is 5.56 Å². The molecule has 20 heavy (non-hydrogen) atoms. The average Bonchev–Trinajstić information content (AvgIpc) is 2.72. The molecule has 3 rings (SSSR count). The number of nitrogens with two attached hydrogens (primary N) is 1.